The smallest absolute Gasteiger partial charge is 0.322 e. The number of aliphatic carboxylic acids is 1. The molecule has 0 unspecified atom stereocenters. The fraction of sp³-hybridized carbons (Fsp3) is 0.478. The van der Waals surface area contributed by atoms with Crippen LogP contribution in [-0.2, 0) is 4.79 Å². The van der Waals surface area contributed by atoms with Gasteiger partial charge in [-0.1, -0.05) is 0 Å². The van der Waals surface area contributed by atoms with Crippen LogP contribution in [0.3, 0.4) is 0 Å². The van der Waals surface area contributed by atoms with Gasteiger partial charge in [-0.25, -0.2) is 18.7 Å². The number of piperidine rings is 1. The number of carbonyl (C=O) groups is 2. The minimum Gasteiger partial charge on any atom is -0.480 e. The molecule has 2 aromatic rings. The predicted octanol–water partition coefficient (Wildman–Crippen LogP) is 2.41. The van der Waals surface area contributed by atoms with Gasteiger partial charge in [-0.2, -0.15) is 0 Å². The van der Waals surface area contributed by atoms with Crippen LogP contribution >= 0.6 is 0 Å². The lowest BCUT2D eigenvalue weighted by Crippen LogP contribution is -2.53. The number of amides is 1. The number of carbonyl (C=O) groups excluding carboxylic acids is 1. The number of rotatable bonds is 8. The van der Waals surface area contributed by atoms with Gasteiger partial charge in [0.15, 0.2) is 11.6 Å². The average molecular weight is 477 g/mol. The summed E-state index contributed by atoms with van der Waals surface area (Å²) in [6, 6.07) is 3.36. The highest BCUT2D eigenvalue weighted by molar-refractivity contribution is 5.95. The zero-order valence-corrected chi connectivity index (χ0v) is 19.4. The second kappa shape index (κ2) is 10.7. The third kappa shape index (κ3) is 6.60. The van der Waals surface area contributed by atoms with Crippen molar-refractivity contribution in [2.45, 2.75) is 51.2 Å². The molecule has 1 fully saturated rings. The minimum atomic E-state index is -1.26. The standard InChI is InChI=1S/C23H30F2N6O3/c1-23(2,3)30-16(21(33)34)13-28-20(32)15-5-6-17(19(25)18(15)24)31-11-7-14(8-12-31)29-22-26-9-4-10-27-22/h4-6,9-10,14,16,30H,7-8,11-13H2,1-3H3,(H,28,32)(H,33,34)(H,26,27,29)/t16-/m0/s1. The van der Waals surface area contributed by atoms with Crippen LogP contribution in [0.2, 0.25) is 0 Å². The minimum absolute atomic E-state index is 0.0845. The van der Waals surface area contributed by atoms with E-state index in [1.807, 2.05) is 0 Å². The Morgan fingerprint density at radius 3 is 2.38 bits per heavy atom. The molecular weight excluding hydrogens is 446 g/mol. The van der Waals surface area contributed by atoms with Crippen molar-refractivity contribution in [2.24, 2.45) is 0 Å². The van der Waals surface area contributed by atoms with E-state index >= 15 is 0 Å². The topological polar surface area (TPSA) is 119 Å². The average Bonchev–Trinajstić information content (AvgIpc) is 2.79. The zero-order chi connectivity index (χ0) is 24.9. The van der Waals surface area contributed by atoms with Crippen LogP contribution < -0.4 is 20.9 Å². The molecule has 184 valence electrons. The first kappa shape index (κ1) is 25.3. The number of anilines is 2. The Labute approximate surface area is 197 Å². The fourth-order valence-corrected chi connectivity index (χ4v) is 3.79. The first-order valence-electron chi connectivity index (χ1n) is 11.1. The van der Waals surface area contributed by atoms with Gasteiger partial charge in [0.25, 0.3) is 5.91 Å². The van der Waals surface area contributed by atoms with Crippen LogP contribution in [0, 0.1) is 11.6 Å². The molecule has 1 aromatic heterocycles. The number of carboxylic acids is 1. The zero-order valence-electron chi connectivity index (χ0n) is 19.4. The molecular formula is C23H30F2N6O3. The molecule has 1 aliphatic rings. The van der Waals surface area contributed by atoms with E-state index in [2.05, 4.69) is 25.9 Å². The molecule has 1 saturated heterocycles. The molecule has 0 bridgehead atoms. The molecule has 0 saturated carbocycles. The molecule has 34 heavy (non-hydrogen) atoms. The number of carboxylic acid groups (broad SMARTS) is 1. The van der Waals surface area contributed by atoms with Gasteiger partial charge in [0.2, 0.25) is 5.95 Å². The van der Waals surface area contributed by atoms with Crippen molar-refractivity contribution < 1.29 is 23.5 Å². The molecule has 0 aliphatic carbocycles. The number of hydrogen-bond donors (Lipinski definition) is 4. The van der Waals surface area contributed by atoms with Crippen molar-refractivity contribution in [3.05, 3.63) is 47.8 Å². The molecule has 9 nitrogen and oxygen atoms in total. The van der Waals surface area contributed by atoms with Crippen molar-refractivity contribution in [1.29, 1.82) is 0 Å². The van der Waals surface area contributed by atoms with E-state index in [-0.39, 0.29) is 18.3 Å². The van der Waals surface area contributed by atoms with Gasteiger partial charge >= 0.3 is 5.97 Å². The van der Waals surface area contributed by atoms with E-state index in [1.54, 1.807) is 44.1 Å². The molecule has 4 N–H and O–H groups in total. The number of benzene rings is 1. The summed E-state index contributed by atoms with van der Waals surface area (Å²) in [5, 5.41) is 17.8. The SMILES string of the molecule is CC(C)(C)N[C@@H](CNC(=O)c1ccc(N2CCC(Nc3ncccn3)CC2)c(F)c1F)C(=O)O. The fourth-order valence-electron chi connectivity index (χ4n) is 3.79. The van der Waals surface area contributed by atoms with Crippen molar-refractivity contribution in [2.75, 3.05) is 29.9 Å². The Morgan fingerprint density at radius 2 is 1.79 bits per heavy atom. The molecule has 1 aliphatic heterocycles. The quantitative estimate of drug-likeness (QED) is 0.459. The molecule has 11 heteroatoms. The first-order chi connectivity index (χ1) is 16.0. The van der Waals surface area contributed by atoms with Gasteiger partial charge in [-0.15, -0.1) is 0 Å². The summed E-state index contributed by atoms with van der Waals surface area (Å²) in [5.41, 5.74) is -0.899. The predicted molar refractivity (Wildman–Crippen MR) is 124 cm³/mol. The van der Waals surface area contributed by atoms with Crippen molar-refractivity contribution in [1.82, 2.24) is 20.6 Å². The molecule has 1 atom stereocenters. The largest absolute Gasteiger partial charge is 0.480 e. The van der Waals surface area contributed by atoms with Gasteiger partial charge in [-0.3, -0.25) is 14.9 Å². The van der Waals surface area contributed by atoms with Crippen LogP contribution in [0.1, 0.15) is 44.0 Å². The van der Waals surface area contributed by atoms with Crippen LogP contribution in [0.4, 0.5) is 20.4 Å². The van der Waals surface area contributed by atoms with Crippen LogP contribution in [0.5, 0.6) is 0 Å². The second-order valence-electron chi connectivity index (χ2n) is 9.23. The van der Waals surface area contributed by atoms with Crippen molar-refractivity contribution >= 4 is 23.5 Å². The molecule has 3 rings (SSSR count). The highest BCUT2D eigenvalue weighted by atomic mass is 19.2. The maximum absolute atomic E-state index is 14.9. The molecule has 0 spiro atoms. The summed E-state index contributed by atoms with van der Waals surface area (Å²) in [4.78, 5) is 33.9. The lowest BCUT2D eigenvalue weighted by molar-refractivity contribution is -0.139. The maximum Gasteiger partial charge on any atom is 0.322 e. The Bertz CT molecular complexity index is 1010. The van der Waals surface area contributed by atoms with Crippen LogP contribution in [0.25, 0.3) is 0 Å². The number of aromatic nitrogens is 2. The van der Waals surface area contributed by atoms with Gasteiger partial charge in [0.1, 0.15) is 6.04 Å². The molecule has 1 aromatic carbocycles. The Kier molecular flexibility index (Phi) is 7.98. The summed E-state index contributed by atoms with van der Waals surface area (Å²) in [6.45, 7) is 6.06. The third-order valence-corrected chi connectivity index (χ3v) is 5.41. The first-order valence-corrected chi connectivity index (χ1v) is 11.1. The highest BCUT2D eigenvalue weighted by Gasteiger charge is 2.27. The van der Waals surface area contributed by atoms with Crippen molar-refractivity contribution in [3.8, 4) is 0 Å². The lowest BCUT2D eigenvalue weighted by Gasteiger charge is -2.34. The second-order valence-corrected chi connectivity index (χ2v) is 9.23. The number of nitrogens with zero attached hydrogens (tertiary/aromatic N) is 3. The van der Waals surface area contributed by atoms with E-state index < -0.39 is 40.7 Å². The van der Waals surface area contributed by atoms with E-state index in [1.165, 1.54) is 12.1 Å². The lowest BCUT2D eigenvalue weighted by atomic mass is 10.0. The van der Waals surface area contributed by atoms with Gasteiger partial charge in [0.05, 0.1) is 11.3 Å². The van der Waals surface area contributed by atoms with Gasteiger partial charge in [0, 0.05) is 43.6 Å². The van der Waals surface area contributed by atoms with Gasteiger partial charge < -0.3 is 20.6 Å². The Morgan fingerprint density at radius 1 is 1.15 bits per heavy atom. The molecule has 2 heterocycles. The van der Waals surface area contributed by atoms with Crippen LogP contribution in [0.15, 0.2) is 30.6 Å². The molecule has 1 amide bonds. The summed E-state index contributed by atoms with van der Waals surface area (Å²) in [7, 11) is 0. The Hall–Kier alpha value is -3.34. The highest BCUT2D eigenvalue weighted by Crippen LogP contribution is 2.27. The van der Waals surface area contributed by atoms with E-state index in [0.29, 0.717) is 31.9 Å². The summed E-state index contributed by atoms with van der Waals surface area (Å²) < 4.78 is 29.6. The number of nitrogens with one attached hydrogen (secondary N) is 3. The van der Waals surface area contributed by atoms with E-state index in [9.17, 15) is 23.5 Å². The Balaban J connectivity index is 1.61. The normalized spacial score (nSPS) is 15.6. The summed E-state index contributed by atoms with van der Waals surface area (Å²) in [5.74, 6) is -3.88. The third-order valence-electron chi connectivity index (χ3n) is 5.41. The van der Waals surface area contributed by atoms with E-state index in [0.717, 1.165) is 0 Å². The van der Waals surface area contributed by atoms with Crippen LogP contribution in [-0.4, -0.2) is 64.2 Å². The molecule has 0 radical (unpaired) electrons. The maximum atomic E-state index is 14.9. The summed E-state index contributed by atoms with van der Waals surface area (Å²) in [6.07, 6.45) is 4.64. The van der Waals surface area contributed by atoms with Gasteiger partial charge in [-0.05, 0) is 51.8 Å². The van der Waals surface area contributed by atoms with E-state index in [4.69, 9.17) is 0 Å². The monoisotopic (exact) mass is 476 g/mol. The summed E-state index contributed by atoms with van der Waals surface area (Å²) >= 11 is 0. The number of halogens is 2. The van der Waals surface area contributed by atoms with Crippen molar-refractivity contribution in [3.63, 3.8) is 0 Å². The number of hydrogen-bond acceptors (Lipinski definition) is 7.